The van der Waals surface area contributed by atoms with Gasteiger partial charge in [0.25, 0.3) is 0 Å². The molecular weight excluding hydrogens is 268 g/mol. The smallest absolute Gasteiger partial charge is 0.319 e. The zero-order valence-electron chi connectivity index (χ0n) is 13.3. The summed E-state index contributed by atoms with van der Waals surface area (Å²) in [6, 6.07) is 5.36. The zero-order valence-corrected chi connectivity index (χ0v) is 13.3. The van der Waals surface area contributed by atoms with E-state index in [1.54, 1.807) is 0 Å². The number of carbonyl (C=O) groups excluding carboxylic acids is 1. The first-order valence-electron chi connectivity index (χ1n) is 7.38. The van der Waals surface area contributed by atoms with Crippen molar-refractivity contribution in [2.24, 2.45) is 0 Å². The molecule has 5 nitrogen and oxygen atoms in total. The van der Waals surface area contributed by atoms with Gasteiger partial charge in [-0.2, -0.15) is 0 Å². The monoisotopic (exact) mass is 294 g/mol. The van der Waals surface area contributed by atoms with Crippen LogP contribution in [0, 0.1) is 6.92 Å². The Balaban J connectivity index is 2.54. The highest BCUT2D eigenvalue weighted by Crippen LogP contribution is 2.22. The van der Waals surface area contributed by atoms with Crippen LogP contribution in [0.5, 0.6) is 5.75 Å². The summed E-state index contributed by atoms with van der Waals surface area (Å²) >= 11 is 0. The second-order valence-electron chi connectivity index (χ2n) is 5.51. The predicted octanol–water partition coefficient (Wildman–Crippen LogP) is 3.06. The summed E-state index contributed by atoms with van der Waals surface area (Å²) in [5.74, 6) is 0.826. The largest absolute Gasteiger partial charge is 0.491 e. The number of amides is 2. The number of ether oxygens (including phenoxy) is 1. The Morgan fingerprint density at radius 1 is 1.33 bits per heavy atom. The van der Waals surface area contributed by atoms with Gasteiger partial charge < -0.3 is 20.5 Å². The maximum Gasteiger partial charge on any atom is 0.319 e. The first kappa shape index (κ1) is 17.3. The van der Waals surface area contributed by atoms with Gasteiger partial charge in [-0.15, -0.1) is 0 Å². The Morgan fingerprint density at radius 3 is 2.62 bits per heavy atom. The molecule has 0 aliphatic rings. The van der Waals surface area contributed by atoms with Gasteiger partial charge in [0.05, 0.1) is 6.10 Å². The Morgan fingerprint density at radius 2 is 2.05 bits per heavy atom. The molecule has 0 aromatic heterocycles. The number of carbonyl (C=O) groups is 1. The van der Waals surface area contributed by atoms with Crippen molar-refractivity contribution >= 4 is 11.7 Å². The van der Waals surface area contributed by atoms with Gasteiger partial charge >= 0.3 is 6.03 Å². The fourth-order valence-electron chi connectivity index (χ4n) is 1.97. The molecule has 0 saturated heterocycles. The second kappa shape index (κ2) is 8.52. The van der Waals surface area contributed by atoms with E-state index in [-0.39, 0.29) is 24.8 Å². The highest BCUT2D eigenvalue weighted by Gasteiger charge is 2.08. The Kier molecular flexibility index (Phi) is 7.02. The minimum Gasteiger partial charge on any atom is -0.491 e. The molecule has 0 spiro atoms. The molecule has 118 valence electrons. The molecule has 0 bridgehead atoms. The van der Waals surface area contributed by atoms with Crippen LogP contribution >= 0.6 is 0 Å². The third kappa shape index (κ3) is 6.49. The van der Waals surface area contributed by atoms with Crippen molar-refractivity contribution in [1.29, 1.82) is 0 Å². The van der Waals surface area contributed by atoms with Crippen LogP contribution in [0.4, 0.5) is 10.5 Å². The van der Waals surface area contributed by atoms with Gasteiger partial charge in [0.2, 0.25) is 0 Å². The van der Waals surface area contributed by atoms with Crippen LogP contribution in [-0.2, 0) is 0 Å². The molecule has 1 rings (SSSR count). The van der Waals surface area contributed by atoms with E-state index < -0.39 is 0 Å². The second-order valence-corrected chi connectivity index (χ2v) is 5.51. The van der Waals surface area contributed by atoms with Gasteiger partial charge in [-0.25, -0.2) is 4.79 Å². The maximum atomic E-state index is 11.8. The summed E-state index contributed by atoms with van der Waals surface area (Å²) in [5.41, 5.74) is 1.71. The number of aliphatic hydroxyl groups is 1. The normalized spacial score (nSPS) is 12.1. The Hall–Kier alpha value is -1.75. The average molecular weight is 294 g/mol. The number of benzene rings is 1. The Labute approximate surface area is 126 Å². The van der Waals surface area contributed by atoms with Gasteiger partial charge in [-0.1, -0.05) is 0 Å². The minimum absolute atomic E-state index is 0.0294. The number of nitrogens with one attached hydrogen (secondary N) is 2. The lowest BCUT2D eigenvalue weighted by Gasteiger charge is -2.16. The number of aliphatic hydroxyl groups excluding tert-OH is 1. The van der Waals surface area contributed by atoms with Gasteiger partial charge in [0.15, 0.2) is 0 Å². The molecule has 1 aromatic rings. The van der Waals surface area contributed by atoms with Crippen molar-refractivity contribution in [3.8, 4) is 5.75 Å². The van der Waals surface area contributed by atoms with E-state index in [4.69, 9.17) is 9.84 Å². The molecule has 1 aromatic carbocycles. The number of hydrogen-bond donors (Lipinski definition) is 3. The van der Waals surface area contributed by atoms with E-state index in [2.05, 4.69) is 10.6 Å². The van der Waals surface area contributed by atoms with Crippen LogP contribution < -0.4 is 15.4 Å². The standard InChI is InChI=1S/C16H26N2O3/c1-11(2)21-15-8-7-14(10-12(15)3)18-16(20)17-13(4)6-5-9-19/h7-8,10-11,13,19H,5-6,9H2,1-4H3,(H2,17,18,20). The van der Waals surface area contributed by atoms with Crippen molar-refractivity contribution in [3.63, 3.8) is 0 Å². The van der Waals surface area contributed by atoms with E-state index in [9.17, 15) is 4.79 Å². The number of aryl methyl sites for hydroxylation is 1. The van der Waals surface area contributed by atoms with Crippen LogP contribution in [-0.4, -0.2) is 29.9 Å². The number of anilines is 1. The van der Waals surface area contributed by atoms with Crippen molar-refractivity contribution in [2.75, 3.05) is 11.9 Å². The van der Waals surface area contributed by atoms with Crippen molar-refractivity contribution in [2.45, 2.75) is 52.7 Å². The molecule has 0 radical (unpaired) electrons. The molecule has 1 atom stereocenters. The summed E-state index contributed by atoms with van der Waals surface area (Å²) in [6.45, 7) is 7.97. The third-order valence-electron chi connectivity index (χ3n) is 2.97. The van der Waals surface area contributed by atoms with Gasteiger partial charge in [0, 0.05) is 18.3 Å². The van der Waals surface area contributed by atoms with Crippen molar-refractivity contribution in [3.05, 3.63) is 23.8 Å². The van der Waals surface area contributed by atoms with E-state index >= 15 is 0 Å². The summed E-state index contributed by atoms with van der Waals surface area (Å²) in [7, 11) is 0. The first-order chi connectivity index (χ1) is 9.92. The fourth-order valence-corrected chi connectivity index (χ4v) is 1.97. The molecular formula is C16H26N2O3. The molecule has 0 heterocycles. The molecule has 5 heteroatoms. The van der Waals surface area contributed by atoms with Gasteiger partial charge in [-0.3, -0.25) is 0 Å². The first-order valence-corrected chi connectivity index (χ1v) is 7.38. The van der Waals surface area contributed by atoms with Crippen LogP contribution in [0.15, 0.2) is 18.2 Å². The highest BCUT2D eigenvalue weighted by atomic mass is 16.5. The summed E-state index contributed by atoms with van der Waals surface area (Å²) in [6.07, 6.45) is 1.56. The van der Waals surface area contributed by atoms with E-state index in [1.165, 1.54) is 0 Å². The maximum absolute atomic E-state index is 11.8. The molecule has 0 aliphatic carbocycles. The topological polar surface area (TPSA) is 70.6 Å². The molecule has 0 fully saturated rings. The van der Waals surface area contributed by atoms with E-state index in [0.29, 0.717) is 6.42 Å². The lowest BCUT2D eigenvalue weighted by Crippen LogP contribution is -2.36. The van der Waals surface area contributed by atoms with Crippen LogP contribution in [0.1, 0.15) is 39.2 Å². The van der Waals surface area contributed by atoms with E-state index in [0.717, 1.165) is 23.4 Å². The third-order valence-corrected chi connectivity index (χ3v) is 2.97. The summed E-state index contributed by atoms with van der Waals surface area (Å²) in [4.78, 5) is 11.8. The summed E-state index contributed by atoms with van der Waals surface area (Å²) in [5, 5.41) is 14.4. The summed E-state index contributed by atoms with van der Waals surface area (Å²) < 4.78 is 5.66. The van der Waals surface area contributed by atoms with Gasteiger partial charge in [-0.05, 0) is 64.3 Å². The van der Waals surface area contributed by atoms with Gasteiger partial charge in [0.1, 0.15) is 5.75 Å². The number of hydrogen-bond acceptors (Lipinski definition) is 3. The molecule has 2 amide bonds. The minimum atomic E-state index is -0.239. The predicted molar refractivity (Wildman–Crippen MR) is 84.9 cm³/mol. The molecule has 3 N–H and O–H groups in total. The van der Waals surface area contributed by atoms with Crippen molar-refractivity contribution in [1.82, 2.24) is 5.32 Å². The molecule has 0 aliphatic heterocycles. The highest BCUT2D eigenvalue weighted by molar-refractivity contribution is 5.89. The van der Waals surface area contributed by atoms with E-state index in [1.807, 2.05) is 45.9 Å². The lowest BCUT2D eigenvalue weighted by atomic mass is 10.2. The molecule has 0 saturated carbocycles. The molecule has 1 unspecified atom stereocenters. The van der Waals surface area contributed by atoms with Crippen LogP contribution in [0.2, 0.25) is 0 Å². The lowest BCUT2D eigenvalue weighted by molar-refractivity contribution is 0.240. The quantitative estimate of drug-likeness (QED) is 0.724. The molecule has 21 heavy (non-hydrogen) atoms. The Bertz CT molecular complexity index is 461. The average Bonchev–Trinajstić information content (AvgIpc) is 2.39. The fraction of sp³-hybridized carbons (Fsp3) is 0.562. The number of rotatable bonds is 7. The van der Waals surface area contributed by atoms with Crippen LogP contribution in [0.25, 0.3) is 0 Å². The van der Waals surface area contributed by atoms with Crippen LogP contribution in [0.3, 0.4) is 0 Å². The van der Waals surface area contributed by atoms with Crippen molar-refractivity contribution < 1.29 is 14.6 Å². The number of urea groups is 1. The SMILES string of the molecule is Cc1cc(NC(=O)NC(C)CCCO)ccc1OC(C)C. The zero-order chi connectivity index (χ0) is 15.8.